The van der Waals surface area contributed by atoms with E-state index in [2.05, 4.69) is 48.5 Å². The van der Waals surface area contributed by atoms with E-state index in [4.69, 9.17) is 10.00 Å². The lowest BCUT2D eigenvalue weighted by molar-refractivity contribution is -0.128. The number of hydrogen-bond acceptors (Lipinski definition) is 5. The van der Waals surface area contributed by atoms with Gasteiger partial charge in [-0.1, -0.05) is 49.1 Å². The van der Waals surface area contributed by atoms with Gasteiger partial charge in [0.2, 0.25) is 5.91 Å². The Labute approximate surface area is 190 Å². The lowest BCUT2D eigenvalue weighted by atomic mass is 10.0. The summed E-state index contributed by atoms with van der Waals surface area (Å²) in [6, 6.07) is 16.3. The van der Waals surface area contributed by atoms with Gasteiger partial charge in [0.1, 0.15) is 11.8 Å². The van der Waals surface area contributed by atoms with Gasteiger partial charge in [-0.2, -0.15) is 5.26 Å². The molecule has 8 heteroatoms. The fourth-order valence-corrected chi connectivity index (χ4v) is 4.72. The Morgan fingerprint density at radius 1 is 1.12 bits per heavy atom. The lowest BCUT2D eigenvalue weighted by Gasteiger charge is -2.34. The van der Waals surface area contributed by atoms with E-state index < -0.39 is 14.1 Å². The van der Waals surface area contributed by atoms with Crippen molar-refractivity contribution in [2.24, 2.45) is 5.92 Å². The van der Waals surface area contributed by atoms with Crippen LogP contribution in [0.25, 0.3) is 0 Å². The van der Waals surface area contributed by atoms with E-state index in [0.717, 1.165) is 0 Å². The van der Waals surface area contributed by atoms with Crippen molar-refractivity contribution < 1.29 is 14.3 Å². The fourth-order valence-electron chi connectivity index (χ4n) is 3.55. The third kappa shape index (κ3) is 5.96. The minimum Gasteiger partial charge on any atom is -0.497 e. The monoisotopic (exact) mass is 450 g/mol. The SMILES string of the molecule is COc1ccc(C(NC(=O)CN2CC(C#N)C2)C(=O)Nc2ccc([Si](C)(C)C)cc2)cc1. The molecule has 1 saturated heterocycles. The van der Waals surface area contributed by atoms with E-state index in [0.29, 0.717) is 30.1 Å². The van der Waals surface area contributed by atoms with Crippen molar-refractivity contribution in [3.63, 3.8) is 0 Å². The number of methoxy groups -OCH3 is 1. The molecule has 0 bridgehead atoms. The predicted molar refractivity (Wildman–Crippen MR) is 127 cm³/mol. The second kappa shape index (κ2) is 9.98. The molecule has 1 atom stereocenters. The van der Waals surface area contributed by atoms with Crippen LogP contribution in [0.15, 0.2) is 48.5 Å². The number of benzene rings is 2. The number of ether oxygens (including phenoxy) is 1. The Kier molecular flexibility index (Phi) is 7.33. The minimum absolute atomic E-state index is 0.0254. The van der Waals surface area contributed by atoms with Gasteiger partial charge in [0.15, 0.2) is 0 Å². The molecule has 0 aromatic heterocycles. The van der Waals surface area contributed by atoms with Crippen molar-refractivity contribution in [3.8, 4) is 11.8 Å². The third-order valence-corrected chi connectivity index (χ3v) is 7.61. The Morgan fingerprint density at radius 3 is 2.28 bits per heavy atom. The van der Waals surface area contributed by atoms with E-state index >= 15 is 0 Å². The number of carbonyl (C=O) groups excluding carboxylic acids is 2. The Morgan fingerprint density at radius 2 is 1.75 bits per heavy atom. The smallest absolute Gasteiger partial charge is 0.251 e. The molecule has 7 nitrogen and oxygen atoms in total. The zero-order chi connectivity index (χ0) is 23.3. The summed E-state index contributed by atoms with van der Waals surface area (Å²) >= 11 is 0. The number of nitriles is 1. The largest absolute Gasteiger partial charge is 0.497 e. The summed E-state index contributed by atoms with van der Waals surface area (Å²) in [5, 5.41) is 16.0. The molecule has 2 aromatic rings. The van der Waals surface area contributed by atoms with Gasteiger partial charge < -0.3 is 15.4 Å². The summed E-state index contributed by atoms with van der Waals surface area (Å²) in [4.78, 5) is 27.7. The first-order valence-electron chi connectivity index (χ1n) is 10.7. The van der Waals surface area contributed by atoms with Gasteiger partial charge in [0, 0.05) is 18.8 Å². The maximum atomic E-state index is 13.1. The van der Waals surface area contributed by atoms with Gasteiger partial charge in [-0.3, -0.25) is 14.5 Å². The first-order valence-corrected chi connectivity index (χ1v) is 14.2. The predicted octanol–water partition coefficient (Wildman–Crippen LogP) is 2.49. The Balaban J connectivity index is 1.72. The Hall–Kier alpha value is -3.15. The normalized spacial score (nSPS) is 15.2. The third-order valence-electron chi connectivity index (χ3n) is 5.54. The van der Waals surface area contributed by atoms with E-state index in [9.17, 15) is 9.59 Å². The van der Waals surface area contributed by atoms with Crippen LogP contribution >= 0.6 is 0 Å². The fraction of sp³-hybridized carbons (Fsp3) is 0.375. The van der Waals surface area contributed by atoms with Crippen molar-refractivity contribution >= 4 is 30.8 Å². The highest BCUT2D eigenvalue weighted by Gasteiger charge is 2.30. The van der Waals surface area contributed by atoms with Crippen LogP contribution in [0.1, 0.15) is 11.6 Å². The van der Waals surface area contributed by atoms with Gasteiger partial charge in [-0.15, -0.1) is 0 Å². The average molecular weight is 451 g/mol. The molecule has 3 rings (SSSR count). The van der Waals surface area contributed by atoms with Crippen LogP contribution in [0.3, 0.4) is 0 Å². The lowest BCUT2D eigenvalue weighted by Crippen LogP contribution is -2.51. The number of amides is 2. The molecule has 1 unspecified atom stereocenters. The van der Waals surface area contributed by atoms with Crippen molar-refractivity contribution in [2.75, 3.05) is 32.1 Å². The van der Waals surface area contributed by atoms with Gasteiger partial charge >= 0.3 is 0 Å². The number of likely N-dealkylation sites (tertiary alicyclic amines) is 1. The van der Waals surface area contributed by atoms with Crippen LogP contribution in [0.4, 0.5) is 5.69 Å². The van der Waals surface area contributed by atoms with E-state index in [1.807, 2.05) is 17.0 Å². The number of nitrogens with one attached hydrogen (secondary N) is 2. The molecule has 1 aliphatic heterocycles. The zero-order valence-electron chi connectivity index (χ0n) is 19.0. The molecule has 2 N–H and O–H groups in total. The highest BCUT2D eigenvalue weighted by Crippen LogP contribution is 2.21. The van der Waals surface area contributed by atoms with Crippen molar-refractivity contribution in [1.82, 2.24) is 10.2 Å². The molecule has 1 fully saturated rings. The molecule has 1 heterocycles. The second-order valence-electron chi connectivity index (χ2n) is 9.11. The first kappa shape index (κ1) is 23.5. The maximum Gasteiger partial charge on any atom is 0.251 e. The summed E-state index contributed by atoms with van der Waals surface area (Å²) in [6.07, 6.45) is 0. The maximum absolute atomic E-state index is 13.1. The van der Waals surface area contributed by atoms with E-state index in [-0.39, 0.29) is 24.3 Å². The summed E-state index contributed by atoms with van der Waals surface area (Å²) in [7, 11) is 0.146. The highest BCUT2D eigenvalue weighted by atomic mass is 28.3. The molecule has 1 aliphatic rings. The van der Waals surface area contributed by atoms with Crippen molar-refractivity contribution in [3.05, 3.63) is 54.1 Å². The van der Waals surface area contributed by atoms with Crippen LogP contribution in [0.5, 0.6) is 5.75 Å². The minimum atomic E-state index is -1.43. The number of anilines is 1. The molecule has 168 valence electrons. The van der Waals surface area contributed by atoms with Gasteiger partial charge in [0.25, 0.3) is 5.91 Å². The first-order chi connectivity index (χ1) is 15.2. The highest BCUT2D eigenvalue weighted by molar-refractivity contribution is 6.88. The summed E-state index contributed by atoms with van der Waals surface area (Å²) in [5.41, 5.74) is 1.35. The Bertz CT molecular complexity index is 988. The average Bonchev–Trinajstić information content (AvgIpc) is 2.74. The number of nitrogens with zero attached hydrogens (tertiary/aromatic N) is 2. The second-order valence-corrected chi connectivity index (χ2v) is 14.2. The van der Waals surface area contributed by atoms with E-state index in [1.165, 1.54) is 5.19 Å². The summed E-state index contributed by atoms with van der Waals surface area (Å²) in [5.74, 6) is 0.0705. The zero-order valence-corrected chi connectivity index (χ0v) is 20.0. The van der Waals surface area contributed by atoms with Crippen LogP contribution in [0, 0.1) is 17.2 Å². The molecule has 0 spiro atoms. The molecule has 0 radical (unpaired) electrons. The number of rotatable bonds is 8. The quantitative estimate of drug-likeness (QED) is 0.603. The number of carbonyl (C=O) groups is 2. The molecular formula is C24H30N4O3Si. The molecule has 32 heavy (non-hydrogen) atoms. The molecule has 2 aromatic carbocycles. The molecule has 0 saturated carbocycles. The van der Waals surface area contributed by atoms with Crippen LogP contribution in [0.2, 0.25) is 19.6 Å². The van der Waals surface area contributed by atoms with E-state index in [1.54, 1.807) is 31.4 Å². The summed E-state index contributed by atoms with van der Waals surface area (Å²) in [6.45, 7) is 8.12. The molecule has 0 aliphatic carbocycles. The van der Waals surface area contributed by atoms with Crippen molar-refractivity contribution in [2.45, 2.75) is 25.7 Å². The topological polar surface area (TPSA) is 94.5 Å². The van der Waals surface area contributed by atoms with Gasteiger partial charge in [-0.05, 0) is 29.8 Å². The standard InChI is InChI=1S/C24H30N4O3Si/c1-31-20-9-5-18(6-10-20)23(27-22(29)16-28-14-17(13-25)15-28)24(30)26-19-7-11-21(12-8-19)32(2,3)4/h5-12,17,23H,14-16H2,1-4H3,(H,26,30)(H,27,29). The van der Waals surface area contributed by atoms with Crippen LogP contribution < -0.4 is 20.6 Å². The summed E-state index contributed by atoms with van der Waals surface area (Å²) < 4.78 is 5.20. The van der Waals surface area contributed by atoms with Gasteiger partial charge in [0.05, 0.1) is 33.7 Å². The van der Waals surface area contributed by atoms with Gasteiger partial charge in [-0.25, -0.2) is 0 Å². The van der Waals surface area contributed by atoms with Crippen LogP contribution in [-0.2, 0) is 9.59 Å². The van der Waals surface area contributed by atoms with Crippen LogP contribution in [-0.4, -0.2) is 51.5 Å². The molecular weight excluding hydrogens is 420 g/mol. The molecule has 2 amide bonds. The van der Waals surface area contributed by atoms with Crippen molar-refractivity contribution in [1.29, 1.82) is 5.26 Å². The number of hydrogen-bond donors (Lipinski definition) is 2.